The number of esters is 2. The Balaban J connectivity index is 1.79. The summed E-state index contributed by atoms with van der Waals surface area (Å²) < 4.78 is 37.3. The van der Waals surface area contributed by atoms with Crippen molar-refractivity contribution < 1.29 is 32.3 Å². The molecule has 3 rings (SSSR count). The Morgan fingerprint density at radius 2 is 1.53 bits per heavy atom. The molecule has 1 atom stereocenters. The molecule has 0 saturated carbocycles. The van der Waals surface area contributed by atoms with Crippen LogP contribution in [0, 0.1) is 6.92 Å². The lowest BCUT2D eigenvalue weighted by Crippen LogP contribution is -2.42. The van der Waals surface area contributed by atoms with Crippen LogP contribution in [0.4, 0.5) is 5.69 Å². The van der Waals surface area contributed by atoms with Gasteiger partial charge in [-0.3, -0.25) is 13.9 Å². The van der Waals surface area contributed by atoms with Gasteiger partial charge in [0, 0.05) is 19.0 Å². The van der Waals surface area contributed by atoms with Crippen molar-refractivity contribution in [1.82, 2.24) is 5.32 Å². The van der Waals surface area contributed by atoms with Gasteiger partial charge in [-0.25, -0.2) is 13.2 Å². The molecule has 202 valence electrons. The first-order chi connectivity index (χ1) is 18.1. The van der Waals surface area contributed by atoms with Crippen molar-refractivity contribution in [2.75, 3.05) is 24.6 Å². The molecule has 0 heterocycles. The summed E-state index contributed by atoms with van der Waals surface area (Å²) in [5.41, 5.74) is 1.73. The molecule has 1 unspecified atom stereocenters. The number of hydrogen-bond donors (Lipinski definition) is 1. The van der Waals surface area contributed by atoms with Crippen LogP contribution in [0.2, 0.25) is 0 Å². The maximum absolute atomic E-state index is 13.1. The van der Waals surface area contributed by atoms with E-state index in [2.05, 4.69) is 5.32 Å². The van der Waals surface area contributed by atoms with E-state index in [1.54, 1.807) is 74.5 Å². The minimum atomic E-state index is -3.75. The average Bonchev–Trinajstić information content (AvgIpc) is 2.90. The average molecular weight is 541 g/mol. The van der Waals surface area contributed by atoms with Crippen LogP contribution in [0.5, 0.6) is 0 Å². The molecular weight excluding hydrogens is 508 g/mol. The van der Waals surface area contributed by atoms with E-state index in [9.17, 15) is 22.8 Å². The predicted octanol–water partition coefficient (Wildman–Crippen LogP) is 3.98. The molecule has 1 amide bonds. The third kappa shape index (κ3) is 6.89. The van der Waals surface area contributed by atoms with Gasteiger partial charge >= 0.3 is 11.9 Å². The standard InChI is InChI=1S/C28H32N2O7S/c1-5-36-26(31)16-15-25(28(33)37-6-2)29-27(32)22-10-9-21-18-23(12-11-20(21)17-22)30(4)38(34,35)24-13-7-19(3)8-14-24/h7-14,17-18,25H,5-6,15-16H2,1-4H3,(H,29,32). The lowest BCUT2D eigenvalue weighted by Gasteiger charge is -2.20. The molecule has 38 heavy (non-hydrogen) atoms. The van der Waals surface area contributed by atoms with Crippen molar-refractivity contribution in [1.29, 1.82) is 0 Å². The predicted molar refractivity (Wildman–Crippen MR) is 144 cm³/mol. The fourth-order valence-corrected chi connectivity index (χ4v) is 4.99. The van der Waals surface area contributed by atoms with Crippen molar-refractivity contribution in [3.8, 4) is 0 Å². The van der Waals surface area contributed by atoms with E-state index in [0.29, 0.717) is 16.6 Å². The van der Waals surface area contributed by atoms with E-state index < -0.39 is 33.9 Å². The Hall–Kier alpha value is -3.92. The van der Waals surface area contributed by atoms with Crippen LogP contribution < -0.4 is 9.62 Å². The Labute approximate surface area is 222 Å². The maximum Gasteiger partial charge on any atom is 0.328 e. The summed E-state index contributed by atoms with van der Waals surface area (Å²) in [7, 11) is -2.26. The zero-order valence-corrected chi connectivity index (χ0v) is 22.7. The van der Waals surface area contributed by atoms with E-state index in [1.165, 1.54) is 11.4 Å². The van der Waals surface area contributed by atoms with Gasteiger partial charge in [0.05, 0.1) is 23.8 Å². The zero-order valence-electron chi connectivity index (χ0n) is 21.9. The van der Waals surface area contributed by atoms with Crippen LogP contribution in [-0.2, 0) is 29.1 Å². The van der Waals surface area contributed by atoms with Gasteiger partial charge in [-0.2, -0.15) is 0 Å². The number of carbonyl (C=O) groups excluding carboxylic acids is 3. The summed E-state index contributed by atoms with van der Waals surface area (Å²) in [6, 6.07) is 15.7. The van der Waals surface area contributed by atoms with Crippen LogP contribution in [0.3, 0.4) is 0 Å². The van der Waals surface area contributed by atoms with Crippen molar-refractivity contribution in [3.63, 3.8) is 0 Å². The summed E-state index contributed by atoms with van der Waals surface area (Å²) in [5, 5.41) is 4.08. The third-order valence-corrected chi connectivity index (χ3v) is 7.75. The van der Waals surface area contributed by atoms with Gasteiger partial charge in [0.1, 0.15) is 6.04 Å². The molecule has 0 spiro atoms. The van der Waals surface area contributed by atoms with Gasteiger partial charge in [0.2, 0.25) is 0 Å². The summed E-state index contributed by atoms with van der Waals surface area (Å²) in [6.45, 7) is 5.59. The first-order valence-corrected chi connectivity index (χ1v) is 13.7. The molecular formula is C28H32N2O7S. The first kappa shape index (κ1) is 28.6. The summed E-state index contributed by atoms with van der Waals surface area (Å²) in [4.78, 5) is 37.2. The minimum absolute atomic E-state index is 0.0438. The molecule has 3 aromatic carbocycles. The van der Waals surface area contributed by atoms with Gasteiger partial charge in [-0.05, 0) is 74.4 Å². The summed E-state index contributed by atoms with van der Waals surface area (Å²) in [5.74, 6) is -1.60. The highest BCUT2D eigenvalue weighted by atomic mass is 32.2. The smallest absolute Gasteiger partial charge is 0.328 e. The van der Waals surface area contributed by atoms with Crippen LogP contribution in [0.15, 0.2) is 65.6 Å². The van der Waals surface area contributed by atoms with E-state index in [4.69, 9.17) is 9.47 Å². The van der Waals surface area contributed by atoms with Crippen molar-refractivity contribution in [3.05, 3.63) is 71.8 Å². The number of nitrogens with zero attached hydrogens (tertiary/aromatic N) is 1. The minimum Gasteiger partial charge on any atom is -0.466 e. The largest absolute Gasteiger partial charge is 0.466 e. The highest BCUT2D eigenvalue weighted by Gasteiger charge is 2.25. The molecule has 0 bridgehead atoms. The van der Waals surface area contributed by atoms with Crippen LogP contribution >= 0.6 is 0 Å². The zero-order chi connectivity index (χ0) is 27.9. The number of sulfonamides is 1. The lowest BCUT2D eigenvalue weighted by molar-refractivity contribution is -0.146. The van der Waals surface area contributed by atoms with Crippen molar-refractivity contribution in [2.24, 2.45) is 0 Å². The number of anilines is 1. The SMILES string of the molecule is CCOC(=O)CCC(NC(=O)c1ccc2cc(N(C)S(=O)(=O)c3ccc(C)cc3)ccc2c1)C(=O)OCC. The highest BCUT2D eigenvalue weighted by Crippen LogP contribution is 2.27. The number of amides is 1. The Bertz CT molecular complexity index is 1420. The monoisotopic (exact) mass is 540 g/mol. The van der Waals surface area contributed by atoms with Crippen molar-refractivity contribution >= 4 is 44.3 Å². The van der Waals surface area contributed by atoms with Gasteiger partial charge in [0.25, 0.3) is 15.9 Å². The molecule has 0 aliphatic heterocycles. The quantitative estimate of drug-likeness (QED) is 0.366. The van der Waals surface area contributed by atoms with Crippen LogP contribution in [0.1, 0.15) is 42.6 Å². The second kappa shape index (κ2) is 12.6. The van der Waals surface area contributed by atoms with Crippen molar-refractivity contribution in [2.45, 2.75) is 44.6 Å². The Kier molecular flexibility index (Phi) is 9.46. The molecule has 0 aliphatic carbocycles. The number of nitrogens with one attached hydrogen (secondary N) is 1. The molecule has 0 radical (unpaired) electrons. The molecule has 0 fully saturated rings. The molecule has 3 aromatic rings. The van der Waals surface area contributed by atoms with E-state index in [1.807, 2.05) is 6.92 Å². The fourth-order valence-electron chi connectivity index (χ4n) is 3.81. The topological polar surface area (TPSA) is 119 Å². The van der Waals surface area contributed by atoms with Gasteiger partial charge < -0.3 is 14.8 Å². The van der Waals surface area contributed by atoms with Crippen LogP contribution in [0.25, 0.3) is 10.8 Å². The summed E-state index contributed by atoms with van der Waals surface area (Å²) >= 11 is 0. The first-order valence-electron chi connectivity index (χ1n) is 12.3. The number of carbonyl (C=O) groups is 3. The maximum atomic E-state index is 13.1. The Morgan fingerprint density at radius 1 is 0.895 bits per heavy atom. The molecule has 0 aromatic heterocycles. The molecule has 0 saturated heterocycles. The molecule has 0 aliphatic rings. The number of hydrogen-bond acceptors (Lipinski definition) is 7. The Morgan fingerprint density at radius 3 is 2.18 bits per heavy atom. The normalized spacial score (nSPS) is 12.0. The fraction of sp³-hybridized carbons (Fsp3) is 0.321. The van der Waals surface area contributed by atoms with Gasteiger partial charge in [0.15, 0.2) is 0 Å². The lowest BCUT2D eigenvalue weighted by atomic mass is 10.0. The molecule has 9 nitrogen and oxygen atoms in total. The molecule has 10 heteroatoms. The second-order valence-electron chi connectivity index (χ2n) is 8.65. The second-order valence-corrected chi connectivity index (χ2v) is 10.6. The van der Waals surface area contributed by atoms with Gasteiger partial charge in [-0.1, -0.05) is 29.8 Å². The third-order valence-electron chi connectivity index (χ3n) is 5.95. The summed E-state index contributed by atoms with van der Waals surface area (Å²) in [6.07, 6.45) is -0.000742. The van der Waals surface area contributed by atoms with Crippen LogP contribution in [-0.4, -0.2) is 52.6 Å². The molecule has 1 N–H and O–H groups in total. The van der Waals surface area contributed by atoms with Gasteiger partial charge in [-0.15, -0.1) is 0 Å². The number of aryl methyl sites for hydroxylation is 1. The number of benzene rings is 3. The van der Waals surface area contributed by atoms with E-state index in [-0.39, 0.29) is 31.0 Å². The highest BCUT2D eigenvalue weighted by molar-refractivity contribution is 7.92. The number of fused-ring (bicyclic) bond motifs is 1. The number of ether oxygens (including phenoxy) is 2. The number of rotatable bonds is 11. The van der Waals surface area contributed by atoms with E-state index >= 15 is 0 Å². The van der Waals surface area contributed by atoms with E-state index in [0.717, 1.165) is 10.9 Å².